The van der Waals surface area contributed by atoms with Crippen LogP contribution in [0.3, 0.4) is 0 Å². The van der Waals surface area contributed by atoms with Crippen LogP contribution in [0, 0.1) is 0 Å². The third-order valence-corrected chi connectivity index (χ3v) is 1.90. The van der Waals surface area contributed by atoms with Crippen molar-refractivity contribution in [3.05, 3.63) is 17.5 Å². The fraction of sp³-hybridized carbons (Fsp3) is 0.667. The third-order valence-electron chi connectivity index (χ3n) is 1.90. The van der Waals surface area contributed by atoms with E-state index in [4.69, 9.17) is 0 Å². The molecule has 0 saturated carbocycles. The van der Waals surface area contributed by atoms with Gasteiger partial charge in [0.05, 0.1) is 6.20 Å². The monoisotopic (exact) mass is 154 g/mol. The van der Waals surface area contributed by atoms with Gasteiger partial charge in [-0.2, -0.15) is 5.10 Å². The van der Waals surface area contributed by atoms with E-state index in [1.54, 1.807) is 0 Å². The Balaban J connectivity index is 0.00000121. The Morgan fingerprint density at radius 3 is 2.27 bits per heavy atom. The van der Waals surface area contributed by atoms with E-state index in [2.05, 4.69) is 37.9 Å². The van der Waals surface area contributed by atoms with Gasteiger partial charge in [0.15, 0.2) is 0 Å². The minimum Gasteiger partial charge on any atom is -0.282 e. The molecule has 1 N–H and O–H groups in total. The summed E-state index contributed by atoms with van der Waals surface area (Å²) in [6, 6.07) is 0. The Morgan fingerprint density at radius 1 is 1.27 bits per heavy atom. The first-order valence-electron chi connectivity index (χ1n) is 4.16. The summed E-state index contributed by atoms with van der Waals surface area (Å²) in [4.78, 5) is 0. The van der Waals surface area contributed by atoms with Crippen molar-refractivity contribution in [1.82, 2.24) is 10.2 Å². The molecule has 11 heavy (non-hydrogen) atoms. The standard InChI is InChI=1S/C9H16N2.H2/c1-6(2)8-5-10-11-9(8)7(3)4;/h5-7H,1-4H3,(H,10,11);1H. The number of H-pyrrole nitrogens is 1. The molecule has 0 saturated heterocycles. The molecule has 0 fully saturated rings. The van der Waals surface area contributed by atoms with Gasteiger partial charge in [-0.3, -0.25) is 5.10 Å². The number of hydrogen-bond acceptors (Lipinski definition) is 1. The van der Waals surface area contributed by atoms with Crippen LogP contribution in [0.25, 0.3) is 0 Å². The maximum absolute atomic E-state index is 4.04. The smallest absolute Gasteiger partial charge is 0.0524 e. The summed E-state index contributed by atoms with van der Waals surface area (Å²) in [5.41, 5.74) is 2.62. The summed E-state index contributed by atoms with van der Waals surface area (Å²) in [5.74, 6) is 1.13. The normalized spacial score (nSPS) is 11.5. The largest absolute Gasteiger partial charge is 0.282 e. The maximum Gasteiger partial charge on any atom is 0.0524 e. The van der Waals surface area contributed by atoms with E-state index in [-0.39, 0.29) is 1.43 Å². The highest BCUT2D eigenvalue weighted by molar-refractivity contribution is 5.22. The second-order valence-electron chi connectivity index (χ2n) is 3.55. The number of hydrogen-bond donors (Lipinski definition) is 1. The average Bonchev–Trinajstić information content (AvgIpc) is 2.32. The molecule has 1 heterocycles. The zero-order valence-electron chi connectivity index (χ0n) is 7.68. The molecular formula is C9H18N2. The number of nitrogens with zero attached hydrogens (tertiary/aromatic N) is 1. The molecule has 0 aliphatic carbocycles. The van der Waals surface area contributed by atoms with Crippen LogP contribution in [0.1, 0.15) is 52.2 Å². The summed E-state index contributed by atoms with van der Waals surface area (Å²) in [6.07, 6.45) is 1.93. The van der Waals surface area contributed by atoms with Crippen LogP contribution in [0.5, 0.6) is 0 Å². The minimum atomic E-state index is 0. The van der Waals surface area contributed by atoms with Gasteiger partial charge in [0, 0.05) is 7.12 Å². The molecule has 0 aliphatic heterocycles. The van der Waals surface area contributed by atoms with Crippen LogP contribution in [-0.4, -0.2) is 10.2 Å². The molecule has 0 bridgehead atoms. The van der Waals surface area contributed by atoms with E-state index in [1.165, 1.54) is 11.3 Å². The van der Waals surface area contributed by atoms with Crippen LogP contribution in [0.15, 0.2) is 6.20 Å². The van der Waals surface area contributed by atoms with E-state index < -0.39 is 0 Å². The lowest BCUT2D eigenvalue weighted by atomic mass is 9.98. The first-order valence-corrected chi connectivity index (χ1v) is 4.16. The van der Waals surface area contributed by atoms with Crippen LogP contribution < -0.4 is 0 Å². The number of rotatable bonds is 2. The molecule has 0 amide bonds. The first kappa shape index (κ1) is 8.31. The Labute approximate surface area is 69.5 Å². The van der Waals surface area contributed by atoms with Crippen molar-refractivity contribution in [2.75, 3.05) is 0 Å². The van der Waals surface area contributed by atoms with Gasteiger partial charge in [0.25, 0.3) is 0 Å². The Morgan fingerprint density at radius 2 is 1.91 bits per heavy atom. The van der Waals surface area contributed by atoms with Gasteiger partial charge < -0.3 is 0 Å². The summed E-state index contributed by atoms with van der Waals surface area (Å²) >= 11 is 0. The molecule has 0 aliphatic rings. The van der Waals surface area contributed by atoms with Crippen LogP contribution >= 0.6 is 0 Å². The van der Waals surface area contributed by atoms with Crippen LogP contribution in [0.4, 0.5) is 0 Å². The molecule has 1 aromatic rings. The Bertz CT molecular complexity index is 206. The van der Waals surface area contributed by atoms with Gasteiger partial charge in [-0.25, -0.2) is 0 Å². The number of aromatic amines is 1. The van der Waals surface area contributed by atoms with Crippen LogP contribution in [-0.2, 0) is 0 Å². The predicted octanol–water partition coefficient (Wildman–Crippen LogP) is 2.90. The van der Waals surface area contributed by atoms with Crippen molar-refractivity contribution in [2.45, 2.75) is 39.5 Å². The molecule has 64 valence electrons. The molecule has 1 rings (SSSR count). The lowest BCUT2D eigenvalue weighted by Gasteiger charge is -2.07. The average molecular weight is 154 g/mol. The molecule has 0 radical (unpaired) electrons. The number of aromatic nitrogens is 2. The van der Waals surface area contributed by atoms with Crippen molar-refractivity contribution < 1.29 is 1.43 Å². The van der Waals surface area contributed by atoms with Gasteiger partial charge in [-0.05, 0) is 17.4 Å². The van der Waals surface area contributed by atoms with Gasteiger partial charge in [-0.15, -0.1) is 0 Å². The first-order chi connectivity index (χ1) is 5.13. The van der Waals surface area contributed by atoms with Crippen molar-refractivity contribution in [1.29, 1.82) is 0 Å². The zero-order chi connectivity index (χ0) is 8.43. The summed E-state index contributed by atoms with van der Waals surface area (Å²) in [6.45, 7) is 8.74. The second-order valence-corrected chi connectivity index (χ2v) is 3.55. The van der Waals surface area contributed by atoms with E-state index >= 15 is 0 Å². The van der Waals surface area contributed by atoms with E-state index in [0.717, 1.165) is 0 Å². The lowest BCUT2D eigenvalue weighted by Crippen LogP contribution is -1.95. The Hall–Kier alpha value is -0.790. The lowest BCUT2D eigenvalue weighted by molar-refractivity contribution is 0.767. The molecule has 0 atom stereocenters. The molecule has 2 nitrogen and oxygen atoms in total. The summed E-state index contributed by atoms with van der Waals surface area (Å²) in [5, 5.41) is 7.08. The highest BCUT2D eigenvalue weighted by atomic mass is 15.1. The molecule has 0 spiro atoms. The number of nitrogens with one attached hydrogen (secondary N) is 1. The quantitative estimate of drug-likeness (QED) is 0.697. The maximum atomic E-state index is 4.04. The van der Waals surface area contributed by atoms with Gasteiger partial charge in [-0.1, -0.05) is 27.7 Å². The molecule has 2 heteroatoms. The van der Waals surface area contributed by atoms with E-state index in [9.17, 15) is 0 Å². The topological polar surface area (TPSA) is 28.7 Å². The van der Waals surface area contributed by atoms with Gasteiger partial charge in [0.2, 0.25) is 0 Å². The van der Waals surface area contributed by atoms with Crippen molar-refractivity contribution >= 4 is 0 Å². The summed E-state index contributed by atoms with van der Waals surface area (Å²) in [7, 11) is 0. The van der Waals surface area contributed by atoms with Gasteiger partial charge >= 0.3 is 0 Å². The molecule has 0 aromatic carbocycles. The zero-order valence-corrected chi connectivity index (χ0v) is 7.68. The fourth-order valence-corrected chi connectivity index (χ4v) is 1.23. The van der Waals surface area contributed by atoms with Crippen molar-refractivity contribution in [2.24, 2.45) is 0 Å². The fourth-order valence-electron chi connectivity index (χ4n) is 1.23. The molecule has 0 unspecified atom stereocenters. The highest BCUT2D eigenvalue weighted by Gasteiger charge is 2.10. The third kappa shape index (κ3) is 1.62. The molecular weight excluding hydrogens is 136 g/mol. The van der Waals surface area contributed by atoms with Gasteiger partial charge in [0.1, 0.15) is 0 Å². The van der Waals surface area contributed by atoms with Crippen LogP contribution in [0.2, 0.25) is 0 Å². The Kier molecular flexibility index (Phi) is 2.32. The summed E-state index contributed by atoms with van der Waals surface area (Å²) < 4.78 is 0. The van der Waals surface area contributed by atoms with Crippen molar-refractivity contribution in [3.8, 4) is 0 Å². The van der Waals surface area contributed by atoms with E-state index in [0.29, 0.717) is 11.8 Å². The highest BCUT2D eigenvalue weighted by Crippen LogP contribution is 2.22. The SMILES string of the molecule is CC(C)c1cn[nH]c1C(C)C.[HH]. The second kappa shape index (κ2) is 3.07. The molecule has 1 aromatic heterocycles. The minimum absolute atomic E-state index is 0. The van der Waals surface area contributed by atoms with E-state index in [1.807, 2.05) is 6.20 Å². The predicted molar refractivity (Wildman–Crippen MR) is 48.9 cm³/mol. The van der Waals surface area contributed by atoms with Crippen molar-refractivity contribution in [3.63, 3.8) is 0 Å².